The molecule has 4 aromatic rings. The molecule has 1 aliphatic carbocycles. The zero-order chi connectivity index (χ0) is 26.9. The number of esters is 1. The van der Waals surface area contributed by atoms with E-state index in [1.165, 1.54) is 34.5 Å². The van der Waals surface area contributed by atoms with Crippen LogP contribution in [0.5, 0.6) is 5.75 Å². The third-order valence-corrected chi connectivity index (χ3v) is 8.85. The number of anilines is 1. The first-order valence-electron chi connectivity index (χ1n) is 13.4. The van der Waals surface area contributed by atoms with Crippen molar-refractivity contribution < 1.29 is 19.1 Å². The summed E-state index contributed by atoms with van der Waals surface area (Å²) in [5.74, 6) is 0.300. The third kappa shape index (κ3) is 4.59. The Bertz CT molecular complexity index is 1520. The molecule has 2 aromatic heterocycles. The van der Waals surface area contributed by atoms with Crippen molar-refractivity contribution in [1.29, 1.82) is 0 Å². The van der Waals surface area contributed by atoms with Crippen LogP contribution in [0.3, 0.4) is 0 Å². The molecule has 3 heterocycles. The van der Waals surface area contributed by atoms with Gasteiger partial charge >= 0.3 is 12.0 Å². The topological polar surface area (TPSA) is 72.8 Å². The molecule has 0 bridgehead atoms. The van der Waals surface area contributed by atoms with Crippen molar-refractivity contribution in [3.05, 3.63) is 99.7 Å². The molecule has 2 aliphatic rings. The molecule has 1 N–H and O–H groups in total. The maximum atomic E-state index is 14.2. The highest BCUT2D eigenvalue weighted by atomic mass is 32.1. The van der Waals surface area contributed by atoms with E-state index in [1.54, 1.807) is 24.3 Å². The number of aryl methyl sites for hydroxylation is 1. The normalized spacial score (nSPS) is 15.9. The predicted octanol–water partition coefficient (Wildman–Crippen LogP) is 6.74. The van der Waals surface area contributed by atoms with Crippen LogP contribution in [0.1, 0.15) is 63.4 Å². The number of hydrogen-bond acceptors (Lipinski definition) is 5. The molecule has 1 atom stereocenters. The maximum Gasteiger partial charge on any atom is 0.339 e. The first-order valence-corrected chi connectivity index (χ1v) is 14.2. The first-order chi connectivity index (χ1) is 19.1. The lowest BCUT2D eigenvalue weighted by molar-refractivity contribution is 0.0602. The minimum absolute atomic E-state index is 0.276. The number of nitrogens with one attached hydrogen (secondary N) is 1. The zero-order valence-electron chi connectivity index (χ0n) is 22.1. The summed E-state index contributed by atoms with van der Waals surface area (Å²) in [5, 5.41) is 4.23. The second kappa shape index (κ2) is 10.6. The summed E-state index contributed by atoms with van der Waals surface area (Å²) in [4.78, 5) is 30.0. The number of para-hydroxylation sites is 1. The Morgan fingerprint density at radius 2 is 1.79 bits per heavy atom. The van der Waals surface area contributed by atoms with E-state index < -0.39 is 5.97 Å². The van der Waals surface area contributed by atoms with Crippen LogP contribution in [0.15, 0.2) is 66.9 Å². The van der Waals surface area contributed by atoms with Gasteiger partial charge in [0.2, 0.25) is 0 Å². The van der Waals surface area contributed by atoms with Crippen molar-refractivity contribution in [3.63, 3.8) is 0 Å². The first kappa shape index (κ1) is 25.2. The average molecular weight is 542 g/mol. The van der Waals surface area contributed by atoms with Gasteiger partial charge in [0.05, 0.1) is 43.2 Å². The van der Waals surface area contributed by atoms with E-state index in [4.69, 9.17) is 9.47 Å². The number of carbonyl (C=O) groups excluding carboxylic acids is 2. The molecular formula is C31H31N3O4S. The quantitative estimate of drug-likeness (QED) is 0.284. The van der Waals surface area contributed by atoms with Gasteiger partial charge in [-0.25, -0.2) is 9.59 Å². The van der Waals surface area contributed by atoms with Crippen LogP contribution in [0.2, 0.25) is 0 Å². The largest absolute Gasteiger partial charge is 0.494 e. The Kier molecular flexibility index (Phi) is 6.87. The number of methoxy groups -OCH3 is 1. The van der Waals surface area contributed by atoms with E-state index in [0.717, 1.165) is 36.3 Å². The summed E-state index contributed by atoms with van der Waals surface area (Å²) < 4.78 is 12.9. The van der Waals surface area contributed by atoms with Crippen LogP contribution in [0, 0.1) is 0 Å². The lowest BCUT2D eigenvalue weighted by Crippen LogP contribution is -2.38. The fraction of sp³-hybridized carbons (Fsp3) is 0.290. The number of benzene rings is 2. The number of urea groups is 1. The molecule has 8 heteroatoms. The van der Waals surface area contributed by atoms with Crippen molar-refractivity contribution in [2.24, 2.45) is 0 Å². The molecule has 0 saturated carbocycles. The Labute approximate surface area is 232 Å². The second-order valence-corrected chi connectivity index (χ2v) is 10.9. The highest BCUT2D eigenvalue weighted by molar-refractivity contribution is 7.15. The van der Waals surface area contributed by atoms with E-state index in [1.807, 2.05) is 53.5 Å². The van der Waals surface area contributed by atoms with Crippen molar-refractivity contribution in [3.8, 4) is 10.8 Å². The monoisotopic (exact) mass is 541 g/mol. The van der Waals surface area contributed by atoms with Crippen molar-refractivity contribution >= 4 is 29.0 Å². The summed E-state index contributed by atoms with van der Waals surface area (Å²) >= 11 is 1.86. The summed E-state index contributed by atoms with van der Waals surface area (Å²) in [6, 6.07) is 18.4. The summed E-state index contributed by atoms with van der Waals surface area (Å²) in [7, 11) is 1.34. The van der Waals surface area contributed by atoms with E-state index >= 15 is 0 Å². The minimum Gasteiger partial charge on any atom is -0.494 e. The number of aromatic nitrogens is 1. The molecule has 0 fully saturated rings. The number of hydrogen-bond donors (Lipinski definition) is 1. The van der Waals surface area contributed by atoms with Crippen molar-refractivity contribution in [2.75, 3.05) is 19.0 Å². The average Bonchev–Trinajstić information content (AvgIpc) is 3.55. The lowest BCUT2D eigenvalue weighted by atomic mass is 9.95. The van der Waals surface area contributed by atoms with Crippen LogP contribution >= 0.6 is 11.3 Å². The number of ether oxygens (including phenoxy) is 2. The lowest BCUT2D eigenvalue weighted by Gasteiger charge is -2.31. The van der Waals surface area contributed by atoms with Gasteiger partial charge in [0.1, 0.15) is 10.8 Å². The van der Waals surface area contributed by atoms with Gasteiger partial charge < -0.3 is 24.3 Å². The standard InChI is InChI=1S/C31H31N3O4S/c1-3-38-21-16-14-20(15-17-21)28-26-12-8-18-33(26)29-24(22-9-5-7-13-27(22)39-29)19-34(28)31(36)32-25-11-6-4-10-23(25)30(35)37-2/h4,6,8,10-12,14-18,28H,3,5,7,9,13,19H2,1-2H3,(H,32,36). The number of nitrogens with zero attached hydrogens (tertiary/aromatic N) is 2. The van der Waals surface area contributed by atoms with E-state index in [2.05, 4.69) is 22.1 Å². The molecule has 0 spiro atoms. The fourth-order valence-corrected chi connectivity index (χ4v) is 7.12. The smallest absolute Gasteiger partial charge is 0.339 e. The molecular weight excluding hydrogens is 510 g/mol. The van der Waals surface area contributed by atoms with E-state index in [-0.39, 0.29) is 12.1 Å². The van der Waals surface area contributed by atoms with Crippen LogP contribution in [0.25, 0.3) is 5.00 Å². The molecule has 1 unspecified atom stereocenters. The van der Waals surface area contributed by atoms with Crippen molar-refractivity contribution in [1.82, 2.24) is 9.47 Å². The van der Waals surface area contributed by atoms with Gasteiger partial charge in [0, 0.05) is 16.6 Å². The number of thiophene rings is 1. The predicted molar refractivity (Wildman–Crippen MR) is 152 cm³/mol. The molecule has 0 radical (unpaired) electrons. The van der Waals surface area contributed by atoms with Gasteiger partial charge in [-0.05, 0) is 80.1 Å². The van der Waals surface area contributed by atoms with Crippen LogP contribution < -0.4 is 10.1 Å². The highest BCUT2D eigenvalue weighted by Gasteiger charge is 2.36. The molecule has 1 aliphatic heterocycles. The minimum atomic E-state index is -0.493. The van der Waals surface area contributed by atoms with Crippen molar-refractivity contribution in [2.45, 2.75) is 45.2 Å². The van der Waals surface area contributed by atoms with Crippen LogP contribution in [-0.2, 0) is 24.1 Å². The Morgan fingerprint density at radius 3 is 2.59 bits per heavy atom. The number of rotatable bonds is 5. The fourth-order valence-electron chi connectivity index (χ4n) is 5.72. The molecule has 6 rings (SSSR count). The van der Waals surface area contributed by atoms with E-state index in [0.29, 0.717) is 24.4 Å². The second-order valence-electron chi connectivity index (χ2n) is 9.80. The van der Waals surface area contributed by atoms with Crippen LogP contribution in [-0.4, -0.2) is 35.2 Å². The SMILES string of the molecule is CCOc1ccc(C2c3cccn3-c3sc4c(c3CN2C(=O)Nc2ccccc2C(=O)OC)CCCC4)cc1. The number of carbonyl (C=O) groups is 2. The van der Waals surface area contributed by atoms with Gasteiger partial charge in [-0.3, -0.25) is 0 Å². The van der Waals surface area contributed by atoms with E-state index in [9.17, 15) is 9.59 Å². The molecule has 2 aromatic carbocycles. The molecule has 2 amide bonds. The van der Waals surface area contributed by atoms with Gasteiger partial charge in [0.15, 0.2) is 0 Å². The Balaban J connectivity index is 1.47. The number of amides is 2. The van der Waals surface area contributed by atoms with Gasteiger partial charge in [0.25, 0.3) is 0 Å². The summed E-state index contributed by atoms with van der Waals surface area (Å²) in [6.45, 7) is 3.02. The maximum absolute atomic E-state index is 14.2. The van der Waals surface area contributed by atoms with Gasteiger partial charge in [-0.15, -0.1) is 11.3 Å². The van der Waals surface area contributed by atoms with Gasteiger partial charge in [-0.2, -0.15) is 0 Å². The summed E-state index contributed by atoms with van der Waals surface area (Å²) in [6.07, 6.45) is 6.59. The molecule has 7 nitrogen and oxygen atoms in total. The molecule has 39 heavy (non-hydrogen) atoms. The number of fused-ring (bicyclic) bond motifs is 5. The third-order valence-electron chi connectivity index (χ3n) is 7.52. The molecule has 200 valence electrons. The van der Waals surface area contributed by atoms with Gasteiger partial charge in [-0.1, -0.05) is 24.3 Å². The Morgan fingerprint density at radius 1 is 1.00 bits per heavy atom. The highest BCUT2D eigenvalue weighted by Crippen LogP contribution is 2.44. The van der Waals surface area contributed by atoms with Crippen LogP contribution in [0.4, 0.5) is 10.5 Å². The Hall–Kier alpha value is -4.04. The molecule has 0 saturated heterocycles. The summed E-state index contributed by atoms with van der Waals surface area (Å²) in [5.41, 5.74) is 5.36. The zero-order valence-corrected chi connectivity index (χ0v) is 22.9.